The molecule has 170 valence electrons. The van der Waals surface area contributed by atoms with E-state index in [0.717, 1.165) is 11.1 Å². The molecule has 0 radical (unpaired) electrons. The van der Waals surface area contributed by atoms with Crippen molar-refractivity contribution in [2.45, 2.75) is 25.9 Å². The van der Waals surface area contributed by atoms with E-state index >= 15 is 0 Å². The van der Waals surface area contributed by atoms with Gasteiger partial charge >= 0.3 is 5.69 Å². The lowest BCUT2D eigenvalue weighted by Crippen LogP contribution is -2.40. The van der Waals surface area contributed by atoms with Gasteiger partial charge in [-0.15, -0.1) is 0 Å². The van der Waals surface area contributed by atoms with Crippen molar-refractivity contribution in [1.82, 2.24) is 18.7 Å². The monoisotopic (exact) mass is 454 g/mol. The van der Waals surface area contributed by atoms with Crippen molar-refractivity contribution in [2.75, 3.05) is 0 Å². The van der Waals surface area contributed by atoms with Crippen molar-refractivity contribution in [1.29, 1.82) is 0 Å². The summed E-state index contributed by atoms with van der Waals surface area (Å²) in [4.78, 5) is 31.7. The zero-order valence-corrected chi connectivity index (χ0v) is 18.6. The normalized spacial score (nSPS) is 12.2. The topological polar surface area (TPSA) is 61.8 Å². The van der Waals surface area contributed by atoms with Gasteiger partial charge < -0.3 is 4.57 Å². The number of aromatic nitrogens is 4. The number of benzene rings is 3. The summed E-state index contributed by atoms with van der Waals surface area (Å²) in [7, 11) is 0. The van der Waals surface area contributed by atoms with Crippen LogP contribution < -0.4 is 11.2 Å². The Hall–Kier alpha value is -4.26. The van der Waals surface area contributed by atoms with E-state index in [-0.39, 0.29) is 18.2 Å². The van der Waals surface area contributed by atoms with E-state index in [2.05, 4.69) is 4.98 Å². The largest absolute Gasteiger partial charge is 0.337 e. The lowest BCUT2D eigenvalue weighted by molar-refractivity contribution is 0.605. The van der Waals surface area contributed by atoms with Gasteiger partial charge in [0.15, 0.2) is 11.2 Å². The number of aryl methyl sites for hydroxylation is 1. The molecule has 0 unspecified atom stereocenters. The van der Waals surface area contributed by atoms with Gasteiger partial charge in [0.05, 0.1) is 18.1 Å². The van der Waals surface area contributed by atoms with Crippen molar-refractivity contribution in [3.63, 3.8) is 0 Å². The number of hydrogen-bond acceptors (Lipinski definition) is 3. The minimum absolute atomic E-state index is 0.180. The number of nitrogens with zero attached hydrogens (tertiary/aromatic N) is 4. The fraction of sp³-hybridized carbons (Fsp3) is 0.148. The van der Waals surface area contributed by atoms with Gasteiger partial charge in [-0.3, -0.25) is 9.36 Å². The van der Waals surface area contributed by atoms with E-state index in [9.17, 15) is 14.0 Å². The quantitative estimate of drug-likeness (QED) is 0.384. The summed E-state index contributed by atoms with van der Waals surface area (Å²) in [5, 5.41) is 0. The minimum Gasteiger partial charge on any atom is -0.317 e. The summed E-state index contributed by atoms with van der Waals surface area (Å²) in [5.74, 6) is -0.409. The molecule has 0 N–H and O–H groups in total. The summed E-state index contributed by atoms with van der Waals surface area (Å²) in [6.07, 6.45) is 2.11. The number of rotatable bonds is 6. The van der Waals surface area contributed by atoms with Crippen molar-refractivity contribution in [2.24, 2.45) is 0 Å². The number of imidazole rings is 1. The Morgan fingerprint density at radius 1 is 0.882 bits per heavy atom. The van der Waals surface area contributed by atoms with Crippen LogP contribution in [0.2, 0.25) is 0 Å². The molecule has 7 heteroatoms. The molecule has 0 spiro atoms. The Labute approximate surface area is 195 Å². The number of halogens is 1. The number of fused-ring (bicyclic) bond motifs is 1. The predicted molar refractivity (Wildman–Crippen MR) is 130 cm³/mol. The Bertz CT molecular complexity index is 1550. The Kier molecular flexibility index (Phi) is 5.67. The molecule has 2 heterocycles. The first-order valence-electron chi connectivity index (χ1n) is 11.1. The van der Waals surface area contributed by atoms with Crippen LogP contribution in [0.3, 0.4) is 0 Å². The second kappa shape index (κ2) is 8.94. The highest BCUT2D eigenvalue weighted by Crippen LogP contribution is 2.22. The van der Waals surface area contributed by atoms with Crippen LogP contribution in [0.1, 0.15) is 24.1 Å². The van der Waals surface area contributed by atoms with Crippen LogP contribution in [0.5, 0.6) is 0 Å². The first-order valence-corrected chi connectivity index (χ1v) is 11.1. The van der Waals surface area contributed by atoms with E-state index < -0.39 is 17.1 Å². The van der Waals surface area contributed by atoms with Gasteiger partial charge in [0.1, 0.15) is 5.82 Å². The highest BCUT2D eigenvalue weighted by Gasteiger charge is 2.22. The molecular formula is C27H23FN4O2. The molecule has 0 aliphatic rings. The lowest BCUT2D eigenvalue weighted by Gasteiger charge is -2.16. The van der Waals surface area contributed by atoms with Gasteiger partial charge in [-0.2, -0.15) is 0 Å². The van der Waals surface area contributed by atoms with Gasteiger partial charge in [0, 0.05) is 6.54 Å². The molecule has 5 aromatic rings. The third kappa shape index (κ3) is 3.85. The average molecular weight is 455 g/mol. The maximum absolute atomic E-state index is 13.7. The standard InChI is InChI=1S/C27H23FN4O2/c1-19(21-10-6-3-7-11-21)31-18-29-25-24(31)26(33)30(17-16-20-8-4-2-5-9-20)27(34)32(25)23-14-12-22(28)13-15-23/h2-15,18-19H,16-17H2,1H3/t19-/m0/s1. The predicted octanol–water partition coefficient (Wildman–Crippen LogP) is 4.34. The van der Waals surface area contributed by atoms with Gasteiger partial charge in [-0.25, -0.2) is 18.7 Å². The maximum atomic E-state index is 13.7. The zero-order valence-electron chi connectivity index (χ0n) is 18.6. The van der Waals surface area contributed by atoms with Crippen molar-refractivity contribution < 1.29 is 4.39 Å². The summed E-state index contributed by atoms with van der Waals surface area (Å²) in [6, 6.07) is 24.9. The van der Waals surface area contributed by atoms with Crippen LogP contribution in [0, 0.1) is 5.82 Å². The molecule has 0 aliphatic carbocycles. The molecule has 3 aromatic carbocycles. The molecule has 0 amide bonds. The third-order valence-electron chi connectivity index (χ3n) is 6.11. The fourth-order valence-corrected chi connectivity index (χ4v) is 4.24. The van der Waals surface area contributed by atoms with Gasteiger partial charge in [0.2, 0.25) is 0 Å². The SMILES string of the molecule is C[C@@H](c1ccccc1)n1cnc2c1c(=O)n(CCc1ccccc1)c(=O)n2-c1ccc(F)cc1. The van der Waals surface area contributed by atoms with Crippen LogP contribution in [-0.4, -0.2) is 18.7 Å². The molecule has 0 bridgehead atoms. The molecule has 0 saturated heterocycles. The molecule has 34 heavy (non-hydrogen) atoms. The highest BCUT2D eigenvalue weighted by atomic mass is 19.1. The molecule has 0 saturated carbocycles. The Morgan fingerprint density at radius 3 is 2.21 bits per heavy atom. The second-order valence-corrected chi connectivity index (χ2v) is 8.20. The smallest absolute Gasteiger partial charge is 0.317 e. The maximum Gasteiger partial charge on any atom is 0.337 e. The molecular weight excluding hydrogens is 431 g/mol. The highest BCUT2D eigenvalue weighted by molar-refractivity contribution is 5.72. The third-order valence-corrected chi connectivity index (χ3v) is 6.11. The Morgan fingerprint density at radius 2 is 1.53 bits per heavy atom. The van der Waals surface area contributed by atoms with Crippen molar-refractivity contribution in [3.8, 4) is 5.69 Å². The van der Waals surface area contributed by atoms with Gasteiger partial charge in [-0.05, 0) is 48.7 Å². The minimum atomic E-state index is -0.502. The average Bonchev–Trinajstić information content (AvgIpc) is 3.31. The molecule has 0 fully saturated rings. The van der Waals surface area contributed by atoms with E-state index in [4.69, 9.17) is 0 Å². The van der Waals surface area contributed by atoms with Crippen LogP contribution in [0.25, 0.3) is 16.9 Å². The first-order chi connectivity index (χ1) is 16.5. The molecule has 6 nitrogen and oxygen atoms in total. The van der Waals surface area contributed by atoms with Crippen molar-refractivity contribution >= 4 is 11.2 Å². The first kappa shape index (κ1) is 21.6. The number of hydrogen-bond donors (Lipinski definition) is 0. The van der Waals surface area contributed by atoms with Crippen LogP contribution >= 0.6 is 0 Å². The van der Waals surface area contributed by atoms with Gasteiger partial charge in [0.25, 0.3) is 5.56 Å². The fourth-order valence-electron chi connectivity index (χ4n) is 4.24. The van der Waals surface area contributed by atoms with Crippen LogP contribution in [-0.2, 0) is 13.0 Å². The van der Waals surface area contributed by atoms with E-state index in [1.807, 2.05) is 67.6 Å². The lowest BCUT2D eigenvalue weighted by atomic mass is 10.1. The van der Waals surface area contributed by atoms with Crippen LogP contribution in [0.4, 0.5) is 4.39 Å². The summed E-state index contributed by atoms with van der Waals surface area (Å²) >= 11 is 0. The van der Waals surface area contributed by atoms with Crippen molar-refractivity contribution in [3.05, 3.63) is 129 Å². The molecule has 5 rings (SSSR count). The summed E-state index contributed by atoms with van der Waals surface area (Å²) < 4.78 is 18.0. The van der Waals surface area contributed by atoms with Gasteiger partial charge in [-0.1, -0.05) is 60.7 Å². The summed E-state index contributed by atoms with van der Waals surface area (Å²) in [5.41, 5.74) is 2.16. The zero-order chi connectivity index (χ0) is 23.7. The van der Waals surface area contributed by atoms with E-state index in [1.54, 1.807) is 10.9 Å². The van der Waals surface area contributed by atoms with E-state index in [0.29, 0.717) is 17.6 Å². The van der Waals surface area contributed by atoms with Crippen LogP contribution in [0.15, 0.2) is 101 Å². The molecule has 0 aliphatic heterocycles. The summed E-state index contributed by atoms with van der Waals surface area (Å²) in [6.45, 7) is 2.20. The van der Waals surface area contributed by atoms with E-state index in [1.165, 1.54) is 33.4 Å². The second-order valence-electron chi connectivity index (χ2n) is 8.20. The molecule has 1 atom stereocenters. The Balaban J connectivity index is 1.73. The molecule has 2 aromatic heterocycles.